The number of aliphatic carboxylic acids is 2. The van der Waals surface area contributed by atoms with Crippen molar-refractivity contribution in [3.63, 3.8) is 0 Å². The molecule has 0 aliphatic carbocycles. The quantitative estimate of drug-likeness (QED) is 0.0245. The predicted molar refractivity (Wildman–Crippen MR) is 238 cm³/mol. The molecule has 0 fully saturated rings. The number of carboxylic acid groups (broad SMARTS) is 2. The van der Waals surface area contributed by atoms with Crippen LogP contribution in [0.3, 0.4) is 0 Å². The van der Waals surface area contributed by atoms with Gasteiger partial charge in [0.05, 0.1) is 44.0 Å². The average molecular weight is 845 g/mol. The predicted octanol–water partition coefficient (Wildman–Crippen LogP) is 9.59. The summed E-state index contributed by atoms with van der Waals surface area (Å²) < 4.78 is 22.8. The van der Waals surface area contributed by atoms with E-state index in [1.165, 1.54) is 18.7 Å². The van der Waals surface area contributed by atoms with Crippen molar-refractivity contribution in [3.8, 4) is 41.1 Å². The van der Waals surface area contributed by atoms with Crippen LogP contribution in [-0.4, -0.2) is 74.6 Å². The third kappa shape index (κ3) is 13.6. The number of unbranched alkanes of at least 4 members (excludes halogenated alkanes) is 6. The van der Waals surface area contributed by atoms with Crippen LogP contribution in [0.1, 0.15) is 75.3 Å². The highest BCUT2D eigenvalue weighted by atomic mass is 16.5. The van der Waals surface area contributed by atoms with Crippen LogP contribution in [-0.2, 0) is 9.59 Å². The minimum atomic E-state index is -0.767. The van der Waals surface area contributed by atoms with E-state index in [9.17, 15) is 14.7 Å². The second-order valence-electron chi connectivity index (χ2n) is 14.3. The first-order valence-electron chi connectivity index (χ1n) is 20.3. The van der Waals surface area contributed by atoms with E-state index in [1.54, 1.807) is 32.4 Å². The van der Waals surface area contributed by atoms with Gasteiger partial charge < -0.3 is 44.9 Å². The van der Waals surface area contributed by atoms with Crippen molar-refractivity contribution in [2.75, 3.05) is 38.1 Å². The highest BCUT2D eigenvalue weighted by Gasteiger charge is 2.14. The van der Waals surface area contributed by atoms with Crippen molar-refractivity contribution in [1.29, 1.82) is 0 Å². The van der Waals surface area contributed by atoms with Gasteiger partial charge in [0.2, 0.25) is 0 Å². The third-order valence-corrected chi connectivity index (χ3v) is 9.62. The number of aromatic hydroxyl groups is 1. The van der Waals surface area contributed by atoms with Gasteiger partial charge in [-0.25, -0.2) is 19.9 Å². The first-order valence-corrected chi connectivity index (χ1v) is 20.3. The maximum atomic E-state index is 10.6. The number of benzene rings is 4. The molecule has 0 spiro atoms. The zero-order chi connectivity index (χ0) is 44.3. The number of carbonyl (C=O) groups is 2. The van der Waals surface area contributed by atoms with E-state index in [0.717, 1.165) is 66.1 Å². The molecule has 0 aliphatic heterocycles. The van der Waals surface area contributed by atoms with Crippen LogP contribution in [0.5, 0.6) is 28.7 Å². The number of terminal acetylenes is 1. The zero-order valence-electron chi connectivity index (χ0n) is 35.1. The largest absolute Gasteiger partial charge is 0.507 e. The molecular formula is C47H52N6O9. The first kappa shape index (κ1) is 45.7. The summed E-state index contributed by atoms with van der Waals surface area (Å²) in [6.45, 7) is 3.06. The number of fused-ring (bicyclic) bond motifs is 2. The summed E-state index contributed by atoms with van der Waals surface area (Å²) in [6.07, 6.45) is 15.4. The second kappa shape index (κ2) is 23.4. The summed E-state index contributed by atoms with van der Waals surface area (Å²) in [5, 5.41) is 35.3. The van der Waals surface area contributed by atoms with Crippen molar-refractivity contribution in [2.24, 2.45) is 0 Å². The van der Waals surface area contributed by atoms with E-state index < -0.39 is 11.9 Å². The van der Waals surface area contributed by atoms with Gasteiger partial charge >= 0.3 is 11.9 Å². The molecule has 0 saturated carbocycles. The summed E-state index contributed by atoms with van der Waals surface area (Å²) in [4.78, 5) is 38.5. The molecule has 0 radical (unpaired) electrons. The number of phenolic OH excluding ortho intramolecular Hbond substituents is 1. The lowest BCUT2D eigenvalue weighted by atomic mass is 10.1. The van der Waals surface area contributed by atoms with Crippen LogP contribution in [0, 0.1) is 19.3 Å². The number of nitrogens with zero attached hydrogens (tertiary/aromatic N) is 4. The topological polar surface area (TPSA) is 207 Å². The number of aromatic nitrogens is 4. The van der Waals surface area contributed by atoms with E-state index in [4.69, 9.17) is 35.6 Å². The van der Waals surface area contributed by atoms with Gasteiger partial charge in [0.15, 0.2) is 23.0 Å². The monoisotopic (exact) mass is 844 g/mol. The highest BCUT2D eigenvalue weighted by molar-refractivity contribution is 5.94. The fourth-order valence-corrected chi connectivity index (χ4v) is 6.43. The van der Waals surface area contributed by atoms with Crippen LogP contribution in [0.2, 0.25) is 0 Å². The fraction of sp³-hybridized carbons (Fsp3) is 0.319. The molecule has 5 N–H and O–H groups in total. The normalized spacial score (nSPS) is 10.6. The first-order chi connectivity index (χ1) is 30.1. The molecule has 15 nitrogen and oxygen atoms in total. The molecule has 15 heteroatoms. The Morgan fingerprint density at radius 1 is 0.629 bits per heavy atom. The Labute approximate surface area is 360 Å². The van der Waals surface area contributed by atoms with Gasteiger partial charge in [0.1, 0.15) is 30.0 Å². The molecule has 0 amide bonds. The van der Waals surface area contributed by atoms with Gasteiger partial charge in [-0.05, 0) is 80.6 Å². The lowest BCUT2D eigenvalue weighted by Crippen LogP contribution is -2.02. The Bertz CT molecular complexity index is 2490. The van der Waals surface area contributed by atoms with Crippen molar-refractivity contribution >= 4 is 56.8 Å². The number of aryl methyl sites for hydroxylation is 1. The van der Waals surface area contributed by atoms with E-state index in [2.05, 4.69) is 42.6 Å². The molecule has 324 valence electrons. The molecule has 0 saturated heterocycles. The van der Waals surface area contributed by atoms with E-state index >= 15 is 0 Å². The van der Waals surface area contributed by atoms with Gasteiger partial charge in [-0.3, -0.25) is 9.59 Å². The van der Waals surface area contributed by atoms with Crippen LogP contribution in [0.15, 0.2) is 79.4 Å². The molecule has 0 aliphatic rings. The molecule has 62 heavy (non-hydrogen) atoms. The number of rotatable bonds is 22. The standard InChI is InChI=1S/C24H25N3O5.C23H27N3O4/c1-3-16-12-17(9-10-20(16)28)27-24-18-13-22(21(31-2)14-19(18)25-15-26-24)32-11-7-5-4-6-8-23(29)30;1-16-8-7-9-17(12-16)26-23-18-13-21(20(29-2)14-19(18)24-15-25-23)30-11-6-4-3-5-10-22(27)28/h1,9-10,12-15,28H,4-8,11H2,2H3,(H,29,30)(H,25,26,27);7-9,12-15H,3-6,10-11H2,1-2H3,(H,27,28)(H,24,25,26). The van der Waals surface area contributed by atoms with Crippen molar-refractivity contribution in [3.05, 3.63) is 90.5 Å². The Balaban J connectivity index is 0.000000235. The Morgan fingerprint density at radius 2 is 1.13 bits per heavy atom. The number of anilines is 4. The fourth-order valence-electron chi connectivity index (χ4n) is 6.43. The number of methoxy groups -OCH3 is 2. The summed E-state index contributed by atoms with van der Waals surface area (Å²) in [5.41, 5.74) is 4.61. The maximum Gasteiger partial charge on any atom is 0.303 e. The zero-order valence-corrected chi connectivity index (χ0v) is 35.1. The molecule has 2 aromatic heterocycles. The van der Waals surface area contributed by atoms with Crippen molar-refractivity contribution in [2.45, 2.75) is 71.1 Å². The summed E-state index contributed by atoms with van der Waals surface area (Å²) in [7, 11) is 3.17. The van der Waals surface area contributed by atoms with Crippen LogP contribution in [0.25, 0.3) is 21.8 Å². The van der Waals surface area contributed by atoms with Gasteiger partial charge in [0.25, 0.3) is 0 Å². The van der Waals surface area contributed by atoms with E-state index in [0.29, 0.717) is 77.5 Å². The van der Waals surface area contributed by atoms with Crippen LogP contribution < -0.4 is 29.6 Å². The average Bonchev–Trinajstić information content (AvgIpc) is 3.26. The number of phenols is 1. The van der Waals surface area contributed by atoms with E-state index in [1.807, 2.05) is 43.3 Å². The molecule has 6 rings (SSSR count). The van der Waals surface area contributed by atoms with Crippen LogP contribution >= 0.6 is 0 Å². The van der Waals surface area contributed by atoms with Gasteiger partial charge in [-0.1, -0.05) is 43.7 Å². The minimum absolute atomic E-state index is 0.0361. The molecular weight excluding hydrogens is 793 g/mol. The SMILES string of the molecule is C#Cc1cc(Nc2ncnc3cc(OC)c(OCCCCCCC(=O)O)cc23)ccc1O.COc1cc2ncnc(Nc3cccc(C)c3)c2cc1OCCCCCCC(=O)O. The molecule has 4 aromatic carbocycles. The lowest BCUT2D eigenvalue weighted by Gasteiger charge is -2.14. The Morgan fingerprint density at radius 3 is 1.60 bits per heavy atom. The third-order valence-electron chi connectivity index (χ3n) is 9.62. The van der Waals surface area contributed by atoms with Crippen molar-refractivity contribution < 1.29 is 43.9 Å². The molecule has 0 unspecified atom stereocenters. The van der Waals surface area contributed by atoms with Crippen LogP contribution in [0.4, 0.5) is 23.0 Å². The minimum Gasteiger partial charge on any atom is -0.507 e. The highest BCUT2D eigenvalue weighted by Crippen LogP contribution is 2.37. The lowest BCUT2D eigenvalue weighted by molar-refractivity contribution is -0.138. The maximum absolute atomic E-state index is 10.6. The summed E-state index contributed by atoms with van der Waals surface area (Å²) in [5.74, 6) is 4.61. The smallest absolute Gasteiger partial charge is 0.303 e. The number of hydrogen-bond acceptors (Lipinski definition) is 13. The number of ether oxygens (including phenoxy) is 4. The molecule has 6 aromatic rings. The Hall–Kier alpha value is -7.34. The number of hydrogen-bond donors (Lipinski definition) is 5. The van der Waals surface area contributed by atoms with E-state index in [-0.39, 0.29) is 18.6 Å². The van der Waals surface area contributed by atoms with Gasteiger partial charge in [0, 0.05) is 47.1 Å². The Kier molecular flexibility index (Phi) is 17.3. The molecule has 2 heterocycles. The van der Waals surface area contributed by atoms with Gasteiger partial charge in [-0.2, -0.15) is 0 Å². The number of nitrogens with one attached hydrogen (secondary N) is 2. The number of carboxylic acids is 2. The van der Waals surface area contributed by atoms with Crippen molar-refractivity contribution in [1.82, 2.24) is 19.9 Å². The molecule has 0 atom stereocenters. The summed E-state index contributed by atoms with van der Waals surface area (Å²) >= 11 is 0. The second-order valence-corrected chi connectivity index (χ2v) is 14.3. The molecule has 0 bridgehead atoms. The van der Waals surface area contributed by atoms with Gasteiger partial charge in [-0.15, -0.1) is 6.42 Å². The summed E-state index contributed by atoms with van der Waals surface area (Å²) in [6, 6.07) is 20.3.